The highest BCUT2D eigenvalue weighted by Crippen LogP contribution is 2.18. The highest BCUT2D eigenvalue weighted by molar-refractivity contribution is 5.83. The molecule has 3 aromatic rings. The van der Waals surface area contributed by atoms with Gasteiger partial charge in [0.15, 0.2) is 0 Å². The van der Waals surface area contributed by atoms with Crippen molar-refractivity contribution in [2.75, 3.05) is 0 Å². The summed E-state index contributed by atoms with van der Waals surface area (Å²) >= 11 is 0. The Labute approximate surface area is 122 Å². The number of furan rings is 1. The molecule has 0 bridgehead atoms. The van der Waals surface area contributed by atoms with Gasteiger partial charge in [-0.15, -0.1) is 0 Å². The second-order valence-electron chi connectivity index (χ2n) is 5.35. The van der Waals surface area contributed by atoms with E-state index in [4.69, 9.17) is 4.42 Å². The SMILES string of the molecule is Cc1cc(C)c2cc(CNCc3ccco3)c(=O)[nH]c2c1. The van der Waals surface area contributed by atoms with E-state index in [0.717, 1.165) is 27.8 Å². The summed E-state index contributed by atoms with van der Waals surface area (Å²) in [4.78, 5) is 15.1. The van der Waals surface area contributed by atoms with Crippen molar-refractivity contribution in [1.82, 2.24) is 10.3 Å². The van der Waals surface area contributed by atoms with Crippen LogP contribution in [0.4, 0.5) is 0 Å². The fourth-order valence-corrected chi connectivity index (χ4v) is 2.58. The molecule has 2 heterocycles. The molecule has 0 aliphatic rings. The summed E-state index contributed by atoms with van der Waals surface area (Å²) < 4.78 is 5.26. The first-order valence-corrected chi connectivity index (χ1v) is 7.00. The minimum atomic E-state index is -0.0422. The van der Waals surface area contributed by atoms with Crippen LogP contribution in [0, 0.1) is 13.8 Å². The summed E-state index contributed by atoms with van der Waals surface area (Å²) in [6, 6.07) is 9.86. The first-order chi connectivity index (χ1) is 10.1. The molecule has 1 aromatic carbocycles. The first-order valence-electron chi connectivity index (χ1n) is 7.00. The zero-order valence-corrected chi connectivity index (χ0v) is 12.2. The minimum Gasteiger partial charge on any atom is -0.468 e. The highest BCUT2D eigenvalue weighted by atomic mass is 16.3. The van der Waals surface area contributed by atoms with E-state index in [-0.39, 0.29) is 5.56 Å². The number of aryl methyl sites for hydroxylation is 2. The van der Waals surface area contributed by atoms with Crippen LogP contribution in [-0.4, -0.2) is 4.98 Å². The molecule has 2 N–H and O–H groups in total. The lowest BCUT2D eigenvalue weighted by Crippen LogP contribution is -2.20. The summed E-state index contributed by atoms with van der Waals surface area (Å²) in [5.74, 6) is 0.860. The van der Waals surface area contributed by atoms with Crippen molar-refractivity contribution in [2.24, 2.45) is 0 Å². The van der Waals surface area contributed by atoms with Gasteiger partial charge in [0.1, 0.15) is 5.76 Å². The Morgan fingerprint density at radius 3 is 2.81 bits per heavy atom. The van der Waals surface area contributed by atoms with E-state index in [2.05, 4.69) is 23.3 Å². The van der Waals surface area contributed by atoms with Crippen LogP contribution in [0.25, 0.3) is 10.9 Å². The van der Waals surface area contributed by atoms with Gasteiger partial charge in [-0.3, -0.25) is 4.79 Å². The molecule has 0 fully saturated rings. The number of benzene rings is 1. The van der Waals surface area contributed by atoms with Crippen LogP contribution in [0.3, 0.4) is 0 Å². The van der Waals surface area contributed by atoms with E-state index in [1.165, 1.54) is 5.56 Å². The number of aromatic amines is 1. The van der Waals surface area contributed by atoms with Crippen molar-refractivity contribution in [3.05, 3.63) is 69.4 Å². The zero-order chi connectivity index (χ0) is 14.8. The maximum Gasteiger partial charge on any atom is 0.252 e. The monoisotopic (exact) mass is 282 g/mol. The molecule has 0 atom stereocenters. The minimum absolute atomic E-state index is 0.0422. The van der Waals surface area contributed by atoms with Gasteiger partial charge in [0.2, 0.25) is 0 Å². The quantitative estimate of drug-likeness (QED) is 0.773. The number of rotatable bonds is 4. The predicted octanol–water partition coefficient (Wildman–Crippen LogP) is 3.03. The van der Waals surface area contributed by atoms with E-state index >= 15 is 0 Å². The fraction of sp³-hybridized carbons (Fsp3) is 0.235. The normalized spacial score (nSPS) is 11.1. The molecule has 108 valence electrons. The molecule has 21 heavy (non-hydrogen) atoms. The molecule has 4 nitrogen and oxygen atoms in total. The number of aromatic nitrogens is 1. The van der Waals surface area contributed by atoms with Gasteiger partial charge in [-0.2, -0.15) is 0 Å². The van der Waals surface area contributed by atoms with Crippen molar-refractivity contribution in [3.8, 4) is 0 Å². The van der Waals surface area contributed by atoms with Gasteiger partial charge in [0.05, 0.1) is 12.8 Å². The molecule has 0 saturated heterocycles. The van der Waals surface area contributed by atoms with Crippen LogP contribution < -0.4 is 10.9 Å². The number of H-pyrrole nitrogens is 1. The van der Waals surface area contributed by atoms with Gasteiger partial charge < -0.3 is 14.7 Å². The van der Waals surface area contributed by atoms with Crippen LogP contribution in [0.2, 0.25) is 0 Å². The summed E-state index contributed by atoms with van der Waals surface area (Å²) in [6.07, 6.45) is 1.64. The van der Waals surface area contributed by atoms with Gasteiger partial charge in [-0.1, -0.05) is 6.07 Å². The van der Waals surface area contributed by atoms with Gasteiger partial charge in [-0.25, -0.2) is 0 Å². The van der Waals surface area contributed by atoms with Crippen LogP contribution in [0.5, 0.6) is 0 Å². The summed E-state index contributed by atoms with van der Waals surface area (Å²) in [6.45, 7) is 5.22. The van der Waals surface area contributed by atoms with E-state index < -0.39 is 0 Å². The topological polar surface area (TPSA) is 58.0 Å². The number of nitrogens with one attached hydrogen (secondary N) is 2. The van der Waals surface area contributed by atoms with Gasteiger partial charge in [-0.05, 0) is 49.2 Å². The Kier molecular flexibility index (Phi) is 3.62. The summed E-state index contributed by atoms with van der Waals surface area (Å²) in [7, 11) is 0. The van der Waals surface area contributed by atoms with E-state index in [1.54, 1.807) is 6.26 Å². The standard InChI is InChI=1S/C17H18N2O2/c1-11-6-12(2)15-8-13(17(20)19-16(15)7-11)9-18-10-14-4-3-5-21-14/h3-8,18H,9-10H2,1-2H3,(H,19,20). The Hall–Kier alpha value is -2.33. The molecule has 0 saturated carbocycles. The molecule has 2 aromatic heterocycles. The number of hydrogen-bond donors (Lipinski definition) is 2. The second kappa shape index (κ2) is 5.58. The number of fused-ring (bicyclic) bond motifs is 1. The maximum atomic E-state index is 12.1. The van der Waals surface area contributed by atoms with E-state index in [9.17, 15) is 4.79 Å². The third-order valence-electron chi connectivity index (χ3n) is 3.58. The summed E-state index contributed by atoms with van der Waals surface area (Å²) in [5.41, 5.74) is 3.92. The third kappa shape index (κ3) is 2.90. The Morgan fingerprint density at radius 1 is 1.19 bits per heavy atom. The molecule has 0 aliphatic carbocycles. The average molecular weight is 282 g/mol. The maximum absolute atomic E-state index is 12.1. The van der Waals surface area contributed by atoms with Crippen LogP contribution in [0.1, 0.15) is 22.5 Å². The predicted molar refractivity (Wildman–Crippen MR) is 83.3 cm³/mol. The molecule has 0 spiro atoms. The van der Waals surface area contributed by atoms with Crippen LogP contribution in [-0.2, 0) is 13.1 Å². The van der Waals surface area contributed by atoms with Gasteiger partial charge in [0.25, 0.3) is 5.56 Å². The summed E-state index contributed by atoms with van der Waals surface area (Å²) in [5, 5.41) is 4.32. The lowest BCUT2D eigenvalue weighted by atomic mass is 10.0. The smallest absolute Gasteiger partial charge is 0.252 e. The third-order valence-corrected chi connectivity index (χ3v) is 3.58. The molecular weight excluding hydrogens is 264 g/mol. The highest BCUT2D eigenvalue weighted by Gasteiger charge is 2.06. The molecule has 4 heteroatoms. The Morgan fingerprint density at radius 2 is 2.05 bits per heavy atom. The van der Waals surface area contributed by atoms with Crippen molar-refractivity contribution in [3.63, 3.8) is 0 Å². The van der Waals surface area contributed by atoms with Crippen molar-refractivity contribution >= 4 is 10.9 Å². The van der Waals surface area contributed by atoms with Crippen molar-refractivity contribution < 1.29 is 4.42 Å². The Bertz CT molecular complexity index is 817. The Balaban J connectivity index is 1.85. The molecule has 3 rings (SSSR count). The lowest BCUT2D eigenvalue weighted by molar-refractivity contribution is 0.482. The van der Waals surface area contributed by atoms with Crippen LogP contribution >= 0.6 is 0 Å². The van der Waals surface area contributed by atoms with E-state index in [0.29, 0.717) is 13.1 Å². The molecule has 0 amide bonds. The molecule has 0 unspecified atom stereocenters. The number of hydrogen-bond acceptors (Lipinski definition) is 3. The molecular formula is C17H18N2O2. The van der Waals surface area contributed by atoms with Crippen LogP contribution in [0.15, 0.2) is 45.8 Å². The second-order valence-corrected chi connectivity index (χ2v) is 5.35. The fourth-order valence-electron chi connectivity index (χ4n) is 2.58. The lowest BCUT2D eigenvalue weighted by Gasteiger charge is -2.08. The zero-order valence-electron chi connectivity index (χ0n) is 12.2. The molecule has 0 radical (unpaired) electrons. The van der Waals surface area contributed by atoms with Crippen molar-refractivity contribution in [1.29, 1.82) is 0 Å². The average Bonchev–Trinajstić information content (AvgIpc) is 2.93. The largest absolute Gasteiger partial charge is 0.468 e. The first kappa shape index (κ1) is 13.6. The van der Waals surface area contributed by atoms with Crippen molar-refractivity contribution in [2.45, 2.75) is 26.9 Å². The number of pyridine rings is 1. The van der Waals surface area contributed by atoms with Gasteiger partial charge >= 0.3 is 0 Å². The van der Waals surface area contributed by atoms with E-state index in [1.807, 2.05) is 31.2 Å². The van der Waals surface area contributed by atoms with Gasteiger partial charge in [0, 0.05) is 23.0 Å². The molecule has 0 aliphatic heterocycles.